The summed E-state index contributed by atoms with van der Waals surface area (Å²) in [5.74, 6) is 0.701. The first-order valence-corrected chi connectivity index (χ1v) is 5.86. The van der Waals surface area contributed by atoms with Gasteiger partial charge < -0.3 is 10.3 Å². The molecule has 0 aliphatic carbocycles. The average molecular weight is 290 g/mol. The van der Waals surface area contributed by atoms with Gasteiger partial charge in [-0.25, -0.2) is 4.98 Å². The molecule has 0 amide bonds. The maximum absolute atomic E-state index is 12.8. The van der Waals surface area contributed by atoms with Crippen LogP contribution in [0, 0.1) is 6.92 Å². The molecule has 102 valence electrons. The summed E-state index contributed by atoms with van der Waals surface area (Å²) in [6, 6.07) is 3.68. The molecule has 0 aliphatic rings. The van der Waals surface area contributed by atoms with E-state index < -0.39 is 11.7 Å². The zero-order valence-corrected chi connectivity index (χ0v) is 10.7. The molecule has 2 aromatic rings. The Kier molecular flexibility index (Phi) is 3.71. The number of hydrogen-bond donors (Lipinski definition) is 2. The van der Waals surface area contributed by atoms with Gasteiger partial charge in [0.05, 0.1) is 34.7 Å². The zero-order valence-electron chi connectivity index (χ0n) is 9.98. The van der Waals surface area contributed by atoms with Crippen LogP contribution in [-0.2, 0) is 12.7 Å². The molecule has 3 nitrogen and oxygen atoms in total. The van der Waals surface area contributed by atoms with Gasteiger partial charge in [-0.1, -0.05) is 17.7 Å². The Balaban J connectivity index is 2.24. The summed E-state index contributed by atoms with van der Waals surface area (Å²) in [6.45, 7) is 1.95. The van der Waals surface area contributed by atoms with Crippen molar-refractivity contribution in [3.05, 3.63) is 46.5 Å². The van der Waals surface area contributed by atoms with Crippen molar-refractivity contribution in [2.75, 3.05) is 5.32 Å². The summed E-state index contributed by atoms with van der Waals surface area (Å²) in [5.41, 5.74) is -0.217. The van der Waals surface area contributed by atoms with E-state index in [1.54, 1.807) is 13.1 Å². The number of benzene rings is 1. The second kappa shape index (κ2) is 5.13. The molecule has 0 radical (unpaired) electrons. The minimum absolute atomic E-state index is 0.0334. The fourth-order valence-corrected chi connectivity index (χ4v) is 1.93. The maximum Gasteiger partial charge on any atom is 0.418 e. The molecule has 2 rings (SSSR count). The summed E-state index contributed by atoms with van der Waals surface area (Å²) < 4.78 is 38.5. The van der Waals surface area contributed by atoms with Crippen LogP contribution in [0.5, 0.6) is 0 Å². The van der Waals surface area contributed by atoms with Crippen LogP contribution in [0.15, 0.2) is 24.4 Å². The van der Waals surface area contributed by atoms with Crippen LogP contribution in [0.1, 0.15) is 17.1 Å². The summed E-state index contributed by atoms with van der Waals surface area (Å²) in [4.78, 5) is 6.90. The van der Waals surface area contributed by atoms with Crippen molar-refractivity contribution < 1.29 is 13.2 Å². The van der Waals surface area contributed by atoms with Gasteiger partial charge in [-0.15, -0.1) is 0 Å². The third-order valence-electron chi connectivity index (χ3n) is 2.53. The van der Waals surface area contributed by atoms with Crippen LogP contribution in [-0.4, -0.2) is 9.97 Å². The minimum atomic E-state index is -4.45. The fourth-order valence-electron chi connectivity index (χ4n) is 1.69. The number of para-hydroxylation sites is 1. The lowest BCUT2D eigenvalue weighted by Gasteiger charge is -2.15. The highest BCUT2D eigenvalue weighted by atomic mass is 35.5. The Labute approximate surface area is 112 Å². The minimum Gasteiger partial charge on any atom is -0.378 e. The number of nitrogens with one attached hydrogen (secondary N) is 2. The molecule has 1 aromatic heterocycles. The largest absolute Gasteiger partial charge is 0.418 e. The number of anilines is 1. The number of alkyl halides is 3. The Morgan fingerprint density at radius 2 is 2.11 bits per heavy atom. The van der Waals surface area contributed by atoms with Crippen LogP contribution >= 0.6 is 11.6 Å². The fraction of sp³-hybridized carbons (Fsp3) is 0.250. The molecule has 1 heterocycles. The molecule has 0 atom stereocenters. The number of halogens is 4. The SMILES string of the molecule is Cc1ncc(CNc2c(Cl)cccc2C(F)(F)F)[nH]1. The molecule has 1 aromatic carbocycles. The Morgan fingerprint density at radius 3 is 2.68 bits per heavy atom. The van der Waals surface area contributed by atoms with E-state index in [2.05, 4.69) is 15.3 Å². The van der Waals surface area contributed by atoms with Crippen LogP contribution in [0.25, 0.3) is 0 Å². The smallest absolute Gasteiger partial charge is 0.378 e. The van der Waals surface area contributed by atoms with Crippen molar-refractivity contribution in [3.63, 3.8) is 0 Å². The number of aromatic amines is 1. The average Bonchev–Trinajstić information content (AvgIpc) is 2.72. The second-order valence-electron chi connectivity index (χ2n) is 4.01. The first-order chi connectivity index (χ1) is 8.88. The number of nitrogens with zero attached hydrogens (tertiary/aromatic N) is 1. The highest BCUT2D eigenvalue weighted by Gasteiger charge is 2.34. The first-order valence-electron chi connectivity index (χ1n) is 5.48. The number of H-pyrrole nitrogens is 1. The van der Waals surface area contributed by atoms with Crippen LogP contribution in [0.3, 0.4) is 0 Å². The van der Waals surface area contributed by atoms with E-state index in [-0.39, 0.29) is 17.3 Å². The van der Waals surface area contributed by atoms with Gasteiger partial charge in [0.2, 0.25) is 0 Å². The van der Waals surface area contributed by atoms with Crippen molar-refractivity contribution in [1.82, 2.24) is 9.97 Å². The number of hydrogen-bond acceptors (Lipinski definition) is 2. The van der Waals surface area contributed by atoms with Crippen molar-refractivity contribution in [2.24, 2.45) is 0 Å². The van der Waals surface area contributed by atoms with E-state index in [1.165, 1.54) is 12.1 Å². The molecule has 0 unspecified atom stereocenters. The number of aryl methyl sites for hydroxylation is 1. The lowest BCUT2D eigenvalue weighted by Crippen LogP contribution is -2.11. The topological polar surface area (TPSA) is 40.7 Å². The van der Waals surface area contributed by atoms with Gasteiger partial charge in [0, 0.05) is 0 Å². The van der Waals surface area contributed by atoms with E-state index in [4.69, 9.17) is 11.6 Å². The van der Waals surface area contributed by atoms with Crippen LogP contribution in [0.2, 0.25) is 5.02 Å². The second-order valence-corrected chi connectivity index (χ2v) is 4.41. The summed E-state index contributed by atoms with van der Waals surface area (Å²) in [6.07, 6.45) is -2.89. The molecule has 0 bridgehead atoms. The molecule has 0 spiro atoms. The third kappa shape index (κ3) is 3.20. The summed E-state index contributed by atoms with van der Waals surface area (Å²) in [7, 11) is 0. The highest BCUT2D eigenvalue weighted by Crippen LogP contribution is 2.38. The van der Waals surface area contributed by atoms with Gasteiger partial charge in [-0.2, -0.15) is 13.2 Å². The molecule has 0 saturated heterocycles. The van der Waals surface area contributed by atoms with Crippen molar-refractivity contribution in [3.8, 4) is 0 Å². The van der Waals surface area contributed by atoms with E-state index in [1.807, 2.05) is 0 Å². The molecule has 0 aliphatic heterocycles. The van der Waals surface area contributed by atoms with E-state index >= 15 is 0 Å². The van der Waals surface area contributed by atoms with Gasteiger partial charge in [-0.05, 0) is 19.1 Å². The molecule has 19 heavy (non-hydrogen) atoms. The van der Waals surface area contributed by atoms with Gasteiger partial charge in [0.25, 0.3) is 0 Å². The van der Waals surface area contributed by atoms with Gasteiger partial charge >= 0.3 is 6.18 Å². The number of imidazole rings is 1. The highest BCUT2D eigenvalue weighted by molar-refractivity contribution is 6.33. The van der Waals surface area contributed by atoms with Gasteiger partial charge in [-0.3, -0.25) is 0 Å². The van der Waals surface area contributed by atoms with E-state index in [9.17, 15) is 13.2 Å². The standard InChI is InChI=1S/C12H11ClF3N3/c1-7-17-5-8(19-7)6-18-11-9(12(14,15)16)3-2-4-10(11)13/h2-5,18H,6H2,1H3,(H,17,19). The van der Waals surface area contributed by atoms with Crippen molar-refractivity contribution >= 4 is 17.3 Å². The number of rotatable bonds is 3. The molecule has 2 N–H and O–H groups in total. The maximum atomic E-state index is 12.8. The monoisotopic (exact) mass is 289 g/mol. The molecule has 0 fully saturated rings. The molecule has 0 saturated carbocycles. The lowest BCUT2D eigenvalue weighted by atomic mass is 10.1. The van der Waals surface area contributed by atoms with Crippen molar-refractivity contribution in [2.45, 2.75) is 19.6 Å². The van der Waals surface area contributed by atoms with Gasteiger partial charge in [0.1, 0.15) is 5.82 Å². The zero-order chi connectivity index (χ0) is 14.0. The number of aromatic nitrogens is 2. The quantitative estimate of drug-likeness (QED) is 0.896. The lowest BCUT2D eigenvalue weighted by molar-refractivity contribution is -0.136. The van der Waals surface area contributed by atoms with Crippen LogP contribution in [0.4, 0.5) is 18.9 Å². The van der Waals surface area contributed by atoms with E-state index in [0.717, 1.165) is 6.07 Å². The molecular weight excluding hydrogens is 279 g/mol. The first kappa shape index (κ1) is 13.7. The van der Waals surface area contributed by atoms with Crippen LogP contribution < -0.4 is 5.32 Å². The Morgan fingerprint density at radius 1 is 1.37 bits per heavy atom. The molecular formula is C12H11ClF3N3. The predicted molar refractivity (Wildman–Crippen MR) is 67.1 cm³/mol. The normalized spacial score (nSPS) is 11.6. The third-order valence-corrected chi connectivity index (χ3v) is 2.85. The molecule has 7 heteroatoms. The predicted octanol–water partition coefficient (Wildman–Crippen LogP) is 4.00. The Bertz CT molecular complexity index is 578. The van der Waals surface area contributed by atoms with E-state index in [0.29, 0.717) is 11.5 Å². The summed E-state index contributed by atoms with van der Waals surface area (Å²) in [5, 5.41) is 2.73. The van der Waals surface area contributed by atoms with Crippen molar-refractivity contribution in [1.29, 1.82) is 0 Å². The van der Waals surface area contributed by atoms with Gasteiger partial charge in [0.15, 0.2) is 0 Å². The summed E-state index contributed by atoms with van der Waals surface area (Å²) >= 11 is 5.82. The Hall–Kier alpha value is -1.69.